The number of nitrogens with zero attached hydrogens (tertiary/aromatic N) is 3. The van der Waals surface area contributed by atoms with Gasteiger partial charge in [0.1, 0.15) is 16.6 Å². The number of hydrogen-bond donors (Lipinski definition) is 0. The molecule has 0 fully saturated rings. The van der Waals surface area contributed by atoms with Crippen molar-refractivity contribution >= 4 is 17.1 Å². The lowest BCUT2D eigenvalue weighted by Crippen LogP contribution is -2.10. The Morgan fingerprint density at radius 3 is 2.67 bits per heavy atom. The third-order valence-corrected chi connectivity index (χ3v) is 4.16. The van der Waals surface area contributed by atoms with Gasteiger partial charge in [-0.1, -0.05) is 11.2 Å². The van der Waals surface area contributed by atoms with Crippen LogP contribution in [0.15, 0.2) is 34.2 Å². The molecule has 0 aliphatic rings. The van der Waals surface area contributed by atoms with Crippen LogP contribution >= 0.6 is 11.3 Å². The highest BCUT2D eigenvalue weighted by Gasteiger charge is 2.28. The SMILES string of the molecule is Cc1cc(C(=O)C(C#N)c2nc(-c3c(F)cccc3F)cs2)on1. The smallest absolute Gasteiger partial charge is 0.224 e. The molecule has 0 N–H and O–H groups in total. The largest absolute Gasteiger partial charge is 0.353 e. The lowest BCUT2D eigenvalue weighted by Gasteiger charge is -2.02. The minimum Gasteiger partial charge on any atom is -0.353 e. The molecule has 0 aliphatic carbocycles. The Labute approximate surface area is 139 Å². The van der Waals surface area contributed by atoms with E-state index < -0.39 is 23.3 Å². The van der Waals surface area contributed by atoms with Gasteiger partial charge in [-0.2, -0.15) is 5.26 Å². The average molecular weight is 345 g/mol. The summed E-state index contributed by atoms with van der Waals surface area (Å²) in [6.45, 7) is 1.64. The van der Waals surface area contributed by atoms with Crippen molar-refractivity contribution in [2.75, 3.05) is 0 Å². The van der Waals surface area contributed by atoms with E-state index in [2.05, 4.69) is 10.1 Å². The van der Waals surface area contributed by atoms with Gasteiger partial charge in [0.25, 0.3) is 0 Å². The van der Waals surface area contributed by atoms with Gasteiger partial charge < -0.3 is 4.52 Å². The quantitative estimate of drug-likeness (QED) is 0.671. The summed E-state index contributed by atoms with van der Waals surface area (Å²) in [7, 11) is 0. The number of rotatable bonds is 4. The number of benzene rings is 1. The number of halogens is 2. The zero-order valence-electron chi connectivity index (χ0n) is 12.3. The van der Waals surface area contributed by atoms with Crippen LogP contribution in [0.3, 0.4) is 0 Å². The molecule has 2 heterocycles. The van der Waals surface area contributed by atoms with Crippen molar-refractivity contribution in [3.8, 4) is 17.3 Å². The van der Waals surface area contributed by atoms with E-state index in [-0.39, 0.29) is 22.0 Å². The van der Waals surface area contributed by atoms with Crippen molar-refractivity contribution in [1.82, 2.24) is 10.1 Å². The van der Waals surface area contributed by atoms with Crippen LogP contribution in [0.25, 0.3) is 11.3 Å². The minimum atomic E-state index is -1.23. The Bertz CT molecular complexity index is 938. The van der Waals surface area contributed by atoms with E-state index in [1.807, 2.05) is 6.07 Å². The van der Waals surface area contributed by atoms with Gasteiger partial charge in [0.05, 0.1) is 23.0 Å². The van der Waals surface area contributed by atoms with E-state index >= 15 is 0 Å². The van der Waals surface area contributed by atoms with Gasteiger partial charge in [-0.15, -0.1) is 11.3 Å². The van der Waals surface area contributed by atoms with Crippen LogP contribution in [0.1, 0.15) is 27.2 Å². The second-order valence-electron chi connectivity index (χ2n) is 4.93. The van der Waals surface area contributed by atoms with E-state index in [0.29, 0.717) is 5.69 Å². The van der Waals surface area contributed by atoms with Crippen LogP contribution in [0.2, 0.25) is 0 Å². The van der Waals surface area contributed by atoms with Crippen molar-refractivity contribution in [3.63, 3.8) is 0 Å². The molecule has 0 spiro atoms. The van der Waals surface area contributed by atoms with Gasteiger partial charge >= 0.3 is 0 Å². The van der Waals surface area contributed by atoms with E-state index in [1.54, 1.807) is 6.92 Å². The van der Waals surface area contributed by atoms with Gasteiger partial charge in [-0.05, 0) is 19.1 Å². The minimum absolute atomic E-state index is 0.0346. The number of Topliss-reactive ketones (excluding diaryl/α,β-unsaturated/α-hetero) is 1. The van der Waals surface area contributed by atoms with E-state index in [9.17, 15) is 18.8 Å². The second kappa shape index (κ2) is 6.29. The van der Waals surface area contributed by atoms with Gasteiger partial charge in [0.15, 0.2) is 5.92 Å². The van der Waals surface area contributed by atoms with E-state index in [4.69, 9.17) is 4.52 Å². The van der Waals surface area contributed by atoms with Crippen LogP contribution in [-0.4, -0.2) is 15.9 Å². The first-order valence-corrected chi connectivity index (χ1v) is 7.66. The summed E-state index contributed by atoms with van der Waals surface area (Å²) >= 11 is 0.974. The lowest BCUT2D eigenvalue weighted by molar-refractivity contribution is 0.0943. The molecule has 0 bridgehead atoms. The number of aryl methyl sites for hydroxylation is 1. The molecule has 0 amide bonds. The maximum atomic E-state index is 13.8. The monoisotopic (exact) mass is 345 g/mol. The Hall–Kier alpha value is -2.92. The first-order chi connectivity index (χ1) is 11.5. The third kappa shape index (κ3) is 2.81. The van der Waals surface area contributed by atoms with Gasteiger partial charge in [0.2, 0.25) is 11.5 Å². The molecule has 24 heavy (non-hydrogen) atoms. The number of nitriles is 1. The molecular weight excluding hydrogens is 336 g/mol. The molecule has 1 unspecified atom stereocenters. The Morgan fingerprint density at radius 2 is 2.08 bits per heavy atom. The van der Waals surface area contributed by atoms with Gasteiger partial charge in [-0.25, -0.2) is 13.8 Å². The Kier molecular flexibility index (Phi) is 4.18. The highest BCUT2D eigenvalue weighted by molar-refractivity contribution is 7.10. The zero-order chi connectivity index (χ0) is 17.3. The molecule has 2 aromatic heterocycles. The first kappa shape index (κ1) is 16.0. The molecule has 0 aliphatic heterocycles. The van der Waals surface area contributed by atoms with E-state index in [1.165, 1.54) is 17.5 Å². The van der Waals surface area contributed by atoms with Crippen molar-refractivity contribution in [2.24, 2.45) is 0 Å². The van der Waals surface area contributed by atoms with Crippen LogP contribution in [-0.2, 0) is 0 Å². The molecule has 5 nitrogen and oxygen atoms in total. The summed E-state index contributed by atoms with van der Waals surface area (Å²) in [6, 6.07) is 6.73. The average Bonchev–Trinajstić information content (AvgIpc) is 3.17. The number of carbonyl (C=O) groups is 1. The summed E-state index contributed by atoms with van der Waals surface area (Å²) in [5.41, 5.74) is 0.246. The molecule has 3 rings (SSSR count). The highest BCUT2D eigenvalue weighted by atomic mass is 32.1. The van der Waals surface area contributed by atoms with Crippen LogP contribution in [0.4, 0.5) is 8.78 Å². The standard InChI is InChI=1S/C16H9F2N3O2S/c1-8-5-13(23-21-8)15(22)9(6-19)16-20-12(7-24-16)14-10(17)3-2-4-11(14)18/h2-5,7,9H,1H3. The third-order valence-electron chi connectivity index (χ3n) is 3.25. The van der Waals surface area contributed by atoms with Gasteiger partial charge in [-0.3, -0.25) is 4.79 Å². The number of carbonyl (C=O) groups excluding carboxylic acids is 1. The van der Waals surface area contributed by atoms with Crippen molar-refractivity contribution in [2.45, 2.75) is 12.8 Å². The summed E-state index contributed by atoms with van der Waals surface area (Å²) < 4.78 is 32.5. The first-order valence-electron chi connectivity index (χ1n) is 6.78. The number of thiazole rings is 1. The van der Waals surface area contributed by atoms with Crippen molar-refractivity contribution in [3.05, 3.63) is 57.7 Å². The number of hydrogen-bond acceptors (Lipinski definition) is 6. The normalized spacial score (nSPS) is 11.9. The van der Waals surface area contributed by atoms with Crippen molar-refractivity contribution in [1.29, 1.82) is 5.26 Å². The molecule has 120 valence electrons. The predicted molar refractivity (Wildman–Crippen MR) is 81.4 cm³/mol. The fraction of sp³-hybridized carbons (Fsp3) is 0.125. The molecule has 1 atom stereocenters. The summed E-state index contributed by atoms with van der Waals surface area (Å²) in [6.07, 6.45) is 0. The van der Waals surface area contributed by atoms with Crippen molar-refractivity contribution < 1.29 is 18.1 Å². The van der Waals surface area contributed by atoms with Crippen LogP contribution in [0.5, 0.6) is 0 Å². The summed E-state index contributed by atoms with van der Waals surface area (Å²) in [5.74, 6) is -3.43. The van der Waals surface area contributed by atoms with Crippen LogP contribution in [0, 0.1) is 29.9 Å². The Balaban J connectivity index is 1.97. The fourth-order valence-electron chi connectivity index (χ4n) is 2.13. The predicted octanol–water partition coefficient (Wildman–Crippen LogP) is 3.87. The van der Waals surface area contributed by atoms with E-state index in [0.717, 1.165) is 23.5 Å². The molecule has 1 aromatic carbocycles. The molecule has 0 saturated heterocycles. The summed E-state index contributed by atoms with van der Waals surface area (Å²) in [4.78, 5) is 16.4. The fourth-order valence-corrected chi connectivity index (χ4v) is 2.98. The van der Waals surface area contributed by atoms with Gasteiger partial charge in [0, 0.05) is 11.4 Å². The molecule has 3 aromatic rings. The van der Waals surface area contributed by atoms with Crippen LogP contribution < -0.4 is 0 Å². The molecule has 0 saturated carbocycles. The maximum Gasteiger partial charge on any atom is 0.224 e. The highest BCUT2D eigenvalue weighted by Crippen LogP contribution is 2.31. The molecule has 0 radical (unpaired) electrons. The summed E-state index contributed by atoms with van der Waals surface area (Å²) in [5, 5.41) is 14.4. The Morgan fingerprint density at radius 1 is 1.38 bits per heavy atom. The topological polar surface area (TPSA) is 79.8 Å². The number of aromatic nitrogens is 2. The lowest BCUT2D eigenvalue weighted by atomic mass is 10.0. The molecule has 8 heteroatoms. The molecular formula is C16H9F2N3O2S. The number of ketones is 1. The second-order valence-corrected chi connectivity index (χ2v) is 5.82. The zero-order valence-corrected chi connectivity index (χ0v) is 13.1. The maximum absolute atomic E-state index is 13.8.